The van der Waals surface area contributed by atoms with Crippen molar-refractivity contribution in [2.75, 3.05) is 14.2 Å². The largest absolute Gasteiger partial charge is 0.493 e. The fraction of sp³-hybridized carbons (Fsp3) is 0.125. The van der Waals surface area contributed by atoms with E-state index in [1.165, 1.54) is 0 Å². The molecule has 0 fully saturated rings. The molecule has 0 aliphatic heterocycles. The normalized spacial score (nSPS) is 10.7. The zero-order valence-electron chi connectivity index (χ0n) is 16.3. The summed E-state index contributed by atoms with van der Waals surface area (Å²) in [4.78, 5) is 17.2. The number of carbonyl (C=O) groups excluding carboxylic acids is 1. The van der Waals surface area contributed by atoms with Crippen LogP contribution in [0.25, 0.3) is 22.0 Å². The monoisotopic (exact) mass is 385 g/mol. The fourth-order valence-corrected chi connectivity index (χ4v) is 3.26. The van der Waals surface area contributed by atoms with Crippen LogP contribution >= 0.6 is 0 Å². The Morgan fingerprint density at radius 3 is 2.41 bits per heavy atom. The van der Waals surface area contributed by atoms with E-state index in [4.69, 9.17) is 9.47 Å². The fourth-order valence-electron chi connectivity index (χ4n) is 3.26. The van der Waals surface area contributed by atoms with E-state index >= 15 is 0 Å². The van der Waals surface area contributed by atoms with Gasteiger partial charge < -0.3 is 9.47 Å². The van der Waals surface area contributed by atoms with Crippen LogP contribution in [-0.4, -0.2) is 25.0 Å². The Morgan fingerprint density at radius 2 is 1.69 bits per heavy atom. The highest BCUT2D eigenvalue weighted by Crippen LogP contribution is 2.31. The van der Waals surface area contributed by atoms with Crippen LogP contribution in [-0.2, 0) is 6.54 Å². The summed E-state index contributed by atoms with van der Waals surface area (Å²) < 4.78 is 12.4. The third kappa shape index (κ3) is 3.94. The lowest BCUT2D eigenvalue weighted by Gasteiger charge is -2.08. The highest BCUT2D eigenvalue weighted by molar-refractivity contribution is 5.99. The number of ketones is 1. The van der Waals surface area contributed by atoms with E-state index in [-0.39, 0.29) is 12.3 Å². The average molecular weight is 385 g/mol. The Morgan fingerprint density at radius 1 is 0.897 bits per heavy atom. The Labute approximate surface area is 169 Å². The van der Waals surface area contributed by atoms with Gasteiger partial charge in [0.05, 0.1) is 20.4 Å². The van der Waals surface area contributed by atoms with Gasteiger partial charge in [-0.25, -0.2) is 4.57 Å². The first-order chi connectivity index (χ1) is 14.2. The number of hydrogen-bond donors (Lipinski definition) is 0. The van der Waals surface area contributed by atoms with Crippen LogP contribution in [0, 0.1) is 0 Å². The minimum Gasteiger partial charge on any atom is -0.493 e. The number of ether oxygens (including phenoxy) is 2. The summed E-state index contributed by atoms with van der Waals surface area (Å²) in [5.74, 6) is 1.36. The number of rotatable bonds is 6. The Balaban J connectivity index is 1.52. The molecular weight excluding hydrogens is 364 g/mol. The first kappa shape index (κ1) is 18.6. The number of benzene rings is 3. The van der Waals surface area contributed by atoms with Crippen molar-refractivity contribution < 1.29 is 18.8 Å². The molecule has 1 heterocycles. The maximum atomic E-state index is 12.7. The van der Waals surface area contributed by atoms with Gasteiger partial charge in [-0.3, -0.25) is 4.79 Å². The summed E-state index contributed by atoms with van der Waals surface area (Å²) in [5, 5.41) is 2.18. The summed E-state index contributed by atoms with van der Waals surface area (Å²) in [6.07, 6.45) is 3.53. The van der Waals surface area contributed by atoms with Crippen molar-refractivity contribution in [1.29, 1.82) is 0 Å². The molecule has 0 bridgehead atoms. The number of carbonyl (C=O) groups is 1. The van der Waals surface area contributed by atoms with Crippen LogP contribution in [0.3, 0.4) is 0 Å². The predicted molar refractivity (Wildman–Crippen MR) is 111 cm³/mol. The Hall–Kier alpha value is -3.73. The first-order valence-corrected chi connectivity index (χ1v) is 9.27. The molecule has 5 nitrogen and oxygen atoms in total. The van der Waals surface area contributed by atoms with Crippen LogP contribution in [0.5, 0.6) is 11.5 Å². The lowest BCUT2D eigenvalue weighted by atomic mass is 10.0. The lowest BCUT2D eigenvalue weighted by molar-refractivity contribution is -0.686. The number of hydrogen-bond acceptors (Lipinski definition) is 4. The number of Topliss-reactive ketones (excluding diaryl/α,β-unsaturated/α-hetero) is 1. The lowest BCUT2D eigenvalue weighted by Crippen LogP contribution is -2.37. The Bertz CT molecular complexity index is 1170. The molecule has 29 heavy (non-hydrogen) atoms. The minimum absolute atomic E-state index is 0.0430. The summed E-state index contributed by atoms with van der Waals surface area (Å²) in [7, 11) is 3.21. The van der Waals surface area contributed by atoms with Gasteiger partial charge in [0.25, 0.3) is 6.33 Å². The summed E-state index contributed by atoms with van der Waals surface area (Å²) in [5.41, 5.74) is 2.40. The number of aromatic nitrogens is 2. The smallest absolute Gasteiger partial charge is 0.287 e. The summed E-state index contributed by atoms with van der Waals surface area (Å²) in [6, 6.07) is 21.3. The molecule has 0 radical (unpaired) electrons. The van der Waals surface area contributed by atoms with Crippen LogP contribution in [0.4, 0.5) is 0 Å². The zero-order chi connectivity index (χ0) is 20.2. The van der Waals surface area contributed by atoms with Gasteiger partial charge in [0.1, 0.15) is 0 Å². The van der Waals surface area contributed by atoms with E-state index in [1.807, 2.05) is 72.9 Å². The van der Waals surface area contributed by atoms with Crippen LogP contribution < -0.4 is 14.0 Å². The molecule has 3 aromatic carbocycles. The van der Waals surface area contributed by atoms with E-state index in [0.717, 1.165) is 22.0 Å². The van der Waals surface area contributed by atoms with Crippen molar-refractivity contribution in [3.8, 4) is 22.8 Å². The van der Waals surface area contributed by atoms with Gasteiger partial charge in [-0.1, -0.05) is 36.4 Å². The van der Waals surface area contributed by atoms with Crippen LogP contribution in [0.2, 0.25) is 0 Å². The van der Waals surface area contributed by atoms with Gasteiger partial charge >= 0.3 is 0 Å². The van der Waals surface area contributed by atoms with E-state index in [0.29, 0.717) is 17.1 Å². The number of nitrogens with zero attached hydrogens (tertiary/aromatic N) is 2. The van der Waals surface area contributed by atoms with Gasteiger partial charge in [0.15, 0.2) is 23.7 Å². The van der Waals surface area contributed by atoms with Gasteiger partial charge in [-0.15, -0.1) is 0 Å². The molecule has 0 N–H and O–H groups in total. The predicted octanol–water partition coefficient (Wildman–Crippen LogP) is 4.09. The third-order valence-electron chi connectivity index (χ3n) is 4.85. The van der Waals surface area contributed by atoms with Crippen molar-refractivity contribution in [1.82, 2.24) is 4.98 Å². The number of fused-ring (bicyclic) bond motifs is 1. The van der Waals surface area contributed by atoms with Crippen molar-refractivity contribution in [3.63, 3.8) is 0 Å². The van der Waals surface area contributed by atoms with Crippen molar-refractivity contribution in [2.24, 2.45) is 0 Å². The van der Waals surface area contributed by atoms with Gasteiger partial charge in [-0.05, 0) is 40.0 Å². The molecule has 0 saturated carbocycles. The van der Waals surface area contributed by atoms with Crippen LogP contribution in [0.15, 0.2) is 79.3 Å². The molecule has 0 spiro atoms. The molecule has 0 unspecified atom stereocenters. The molecule has 4 aromatic rings. The second kappa shape index (κ2) is 8.10. The molecule has 4 rings (SSSR count). The molecule has 144 valence electrons. The molecule has 0 aliphatic rings. The summed E-state index contributed by atoms with van der Waals surface area (Å²) in [6.45, 7) is 0.234. The van der Waals surface area contributed by atoms with E-state index in [1.54, 1.807) is 25.1 Å². The van der Waals surface area contributed by atoms with Gasteiger partial charge in [0, 0.05) is 17.2 Å². The maximum absolute atomic E-state index is 12.7. The topological polar surface area (TPSA) is 52.3 Å². The molecule has 0 amide bonds. The Kier molecular flexibility index (Phi) is 5.20. The molecule has 0 saturated heterocycles. The van der Waals surface area contributed by atoms with Crippen molar-refractivity contribution >= 4 is 16.6 Å². The zero-order valence-corrected chi connectivity index (χ0v) is 16.3. The molecule has 1 aromatic heterocycles. The molecule has 0 aliphatic carbocycles. The van der Waals surface area contributed by atoms with Crippen LogP contribution in [0.1, 0.15) is 10.4 Å². The minimum atomic E-state index is 0.0430. The van der Waals surface area contributed by atoms with E-state index < -0.39 is 0 Å². The van der Waals surface area contributed by atoms with E-state index in [2.05, 4.69) is 4.98 Å². The second-order valence-electron chi connectivity index (χ2n) is 6.67. The highest BCUT2D eigenvalue weighted by atomic mass is 16.5. The van der Waals surface area contributed by atoms with Crippen molar-refractivity contribution in [2.45, 2.75) is 6.54 Å². The summed E-state index contributed by atoms with van der Waals surface area (Å²) >= 11 is 0. The maximum Gasteiger partial charge on any atom is 0.287 e. The average Bonchev–Trinajstić information content (AvgIpc) is 2.78. The quantitative estimate of drug-likeness (QED) is 0.371. The van der Waals surface area contributed by atoms with E-state index in [9.17, 15) is 4.79 Å². The standard InChI is InChI=1S/C24H21N2O3/c1-28-23-10-9-19(14-24(23)29-2)21-11-12-26(16-25-21)15-22(27)20-8-7-17-5-3-4-6-18(17)13-20/h3-14,16H,15H2,1-2H3/q+1. The van der Waals surface area contributed by atoms with Gasteiger partial charge in [-0.2, -0.15) is 0 Å². The number of methoxy groups -OCH3 is 2. The first-order valence-electron chi connectivity index (χ1n) is 9.27. The second-order valence-corrected chi connectivity index (χ2v) is 6.67. The molecular formula is C24H21N2O3+. The SMILES string of the molecule is COc1ccc(-c2cc[n+](CC(=O)c3ccc4ccccc4c3)cn2)cc1OC. The highest BCUT2D eigenvalue weighted by Gasteiger charge is 2.14. The molecule has 5 heteroatoms. The third-order valence-corrected chi connectivity index (χ3v) is 4.85. The molecule has 0 atom stereocenters. The van der Waals surface area contributed by atoms with Crippen molar-refractivity contribution in [3.05, 3.63) is 84.8 Å². The van der Waals surface area contributed by atoms with Gasteiger partial charge in [0.2, 0.25) is 5.78 Å².